The van der Waals surface area contributed by atoms with E-state index in [2.05, 4.69) is 4.98 Å². The topological polar surface area (TPSA) is 55.6 Å². The maximum absolute atomic E-state index is 12.6. The molecular formula is C17H22N2O3S. The second-order valence-corrected chi connectivity index (χ2v) is 7.45. The Balaban J connectivity index is 1.73. The van der Waals surface area contributed by atoms with Crippen LogP contribution in [0.4, 0.5) is 0 Å². The smallest absolute Gasteiger partial charge is 0.228 e. The van der Waals surface area contributed by atoms with Crippen molar-refractivity contribution >= 4 is 17.2 Å². The normalized spacial score (nSPS) is 20.7. The molecule has 1 saturated heterocycles. The molecule has 0 saturated carbocycles. The number of carbonyl (C=O) groups excluding carboxylic acids is 1. The number of oxazole rings is 1. The zero-order valence-electron chi connectivity index (χ0n) is 14.0. The number of ether oxygens (including phenoxy) is 1. The molecule has 3 heterocycles. The molecule has 3 rings (SSSR count). The molecule has 0 spiro atoms. The lowest BCUT2D eigenvalue weighted by atomic mass is 10.0. The van der Waals surface area contributed by atoms with Crippen LogP contribution in [0.25, 0.3) is 11.5 Å². The Bertz CT molecular complexity index is 691. The summed E-state index contributed by atoms with van der Waals surface area (Å²) in [6.45, 7) is 9.10. The number of aryl methyl sites for hydroxylation is 1. The van der Waals surface area contributed by atoms with E-state index in [0.29, 0.717) is 30.4 Å². The summed E-state index contributed by atoms with van der Waals surface area (Å²) in [5.41, 5.74) is 1.36. The highest BCUT2D eigenvalue weighted by Crippen LogP contribution is 2.25. The summed E-state index contributed by atoms with van der Waals surface area (Å²) in [6.07, 6.45) is 0.310. The van der Waals surface area contributed by atoms with E-state index in [4.69, 9.17) is 9.15 Å². The maximum atomic E-state index is 12.6. The first kappa shape index (κ1) is 16.2. The van der Waals surface area contributed by atoms with Crippen molar-refractivity contribution in [3.63, 3.8) is 0 Å². The minimum Gasteiger partial charge on any atom is -0.441 e. The Hall–Kier alpha value is -1.66. The third-order valence-electron chi connectivity index (χ3n) is 3.90. The number of aromatic nitrogens is 1. The van der Waals surface area contributed by atoms with Gasteiger partial charge >= 0.3 is 0 Å². The van der Waals surface area contributed by atoms with E-state index in [1.54, 1.807) is 11.3 Å². The zero-order valence-corrected chi connectivity index (χ0v) is 14.8. The van der Waals surface area contributed by atoms with Gasteiger partial charge < -0.3 is 14.1 Å². The van der Waals surface area contributed by atoms with Gasteiger partial charge in [0.1, 0.15) is 5.76 Å². The Morgan fingerprint density at radius 3 is 2.96 bits per heavy atom. The van der Waals surface area contributed by atoms with Gasteiger partial charge in [0.25, 0.3) is 0 Å². The highest BCUT2D eigenvalue weighted by Gasteiger charge is 2.34. The van der Waals surface area contributed by atoms with Crippen molar-refractivity contribution in [2.24, 2.45) is 0 Å². The molecule has 2 aromatic heterocycles. The second kappa shape index (κ2) is 6.09. The summed E-state index contributed by atoms with van der Waals surface area (Å²) in [4.78, 5) is 19.0. The van der Waals surface area contributed by atoms with E-state index < -0.39 is 0 Å². The molecule has 1 aliphatic heterocycles. The molecule has 1 atom stereocenters. The van der Waals surface area contributed by atoms with Crippen LogP contribution in [0.5, 0.6) is 0 Å². The summed E-state index contributed by atoms with van der Waals surface area (Å²) in [6, 6.07) is 1.97. The van der Waals surface area contributed by atoms with Crippen molar-refractivity contribution in [3.05, 3.63) is 28.3 Å². The number of amides is 1. The number of nitrogens with zero attached hydrogens (tertiary/aromatic N) is 2. The number of hydrogen-bond donors (Lipinski definition) is 0. The van der Waals surface area contributed by atoms with Gasteiger partial charge in [-0.1, -0.05) is 0 Å². The summed E-state index contributed by atoms with van der Waals surface area (Å²) in [7, 11) is 0. The summed E-state index contributed by atoms with van der Waals surface area (Å²) in [5.74, 6) is 1.36. The molecule has 1 fully saturated rings. The van der Waals surface area contributed by atoms with E-state index in [1.807, 2.05) is 49.4 Å². The molecule has 23 heavy (non-hydrogen) atoms. The van der Waals surface area contributed by atoms with Crippen molar-refractivity contribution in [2.75, 3.05) is 13.1 Å². The summed E-state index contributed by atoms with van der Waals surface area (Å²) < 4.78 is 11.6. The average molecular weight is 334 g/mol. The number of morpholine rings is 1. The molecule has 6 heteroatoms. The fourth-order valence-corrected chi connectivity index (χ4v) is 3.63. The van der Waals surface area contributed by atoms with Crippen molar-refractivity contribution in [1.82, 2.24) is 9.88 Å². The first-order valence-electron chi connectivity index (χ1n) is 7.78. The molecule has 0 bridgehead atoms. The molecular weight excluding hydrogens is 312 g/mol. The standard InChI is InChI=1S/C17H22N2O3S/c1-11-8-19(10-17(3,4)22-11)15(20)7-14-12(2)21-16(18-14)13-5-6-23-9-13/h5-6,9,11H,7-8,10H2,1-4H3/t11-/m0/s1. The van der Waals surface area contributed by atoms with Gasteiger partial charge in [0, 0.05) is 24.0 Å². The first-order chi connectivity index (χ1) is 10.8. The number of carbonyl (C=O) groups is 1. The van der Waals surface area contributed by atoms with Crippen molar-refractivity contribution in [1.29, 1.82) is 0 Å². The molecule has 2 aromatic rings. The molecule has 0 radical (unpaired) electrons. The van der Waals surface area contributed by atoms with E-state index in [9.17, 15) is 4.79 Å². The molecule has 5 nitrogen and oxygen atoms in total. The Morgan fingerprint density at radius 1 is 1.52 bits per heavy atom. The monoisotopic (exact) mass is 334 g/mol. The minimum absolute atomic E-state index is 0.0440. The maximum Gasteiger partial charge on any atom is 0.228 e. The van der Waals surface area contributed by atoms with Gasteiger partial charge in [0.2, 0.25) is 11.8 Å². The van der Waals surface area contributed by atoms with Crippen molar-refractivity contribution in [3.8, 4) is 11.5 Å². The average Bonchev–Trinajstić information content (AvgIpc) is 3.07. The zero-order chi connectivity index (χ0) is 16.6. The van der Waals surface area contributed by atoms with Crippen LogP contribution in [0.15, 0.2) is 21.2 Å². The molecule has 0 N–H and O–H groups in total. The first-order valence-corrected chi connectivity index (χ1v) is 8.73. The number of rotatable bonds is 3. The van der Waals surface area contributed by atoms with Crippen LogP contribution in [0.1, 0.15) is 32.2 Å². The second-order valence-electron chi connectivity index (χ2n) is 6.67. The lowest BCUT2D eigenvalue weighted by Gasteiger charge is -2.41. The lowest BCUT2D eigenvalue weighted by molar-refractivity contribution is -0.157. The summed E-state index contributed by atoms with van der Waals surface area (Å²) >= 11 is 1.60. The van der Waals surface area contributed by atoms with Gasteiger partial charge in [-0.05, 0) is 39.1 Å². The lowest BCUT2D eigenvalue weighted by Crippen LogP contribution is -2.54. The Labute approximate surface area is 140 Å². The largest absolute Gasteiger partial charge is 0.441 e. The quantitative estimate of drug-likeness (QED) is 0.864. The van der Waals surface area contributed by atoms with Gasteiger partial charge in [-0.15, -0.1) is 0 Å². The minimum atomic E-state index is -0.311. The van der Waals surface area contributed by atoms with E-state index in [1.165, 1.54) is 0 Å². The number of hydrogen-bond acceptors (Lipinski definition) is 5. The van der Waals surface area contributed by atoms with Crippen LogP contribution in [0.2, 0.25) is 0 Å². The molecule has 0 unspecified atom stereocenters. The predicted octanol–water partition coefficient (Wildman–Crippen LogP) is 3.28. The fraction of sp³-hybridized carbons (Fsp3) is 0.529. The summed E-state index contributed by atoms with van der Waals surface area (Å²) in [5, 5.41) is 3.97. The van der Waals surface area contributed by atoms with Crippen molar-refractivity contribution in [2.45, 2.75) is 45.8 Å². The van der Waals surface area contributed by atoms with Crippen LogP contribution in [-0.4, -0.2) is 40.6 Å². The van der Waals surface area contributed by atoms with E-state index in [-0.39, 0.29) is 24.0 Å². The highest BCUT2D eigenvalue weighted by atomic mass is 32.1. The fourth-order valence-electron chi connectivity index (χ4n) is 3.00. The van der Waals surface area contributed by atoms with Crippen LogP contribution in [0, 0.1) is 6.92 Å². The predicted molar refractivity (Wildman–Crippen MR) is 89.5 cm³/mol. The molecule has 1 amide bonds. The van der Waals surface area contributed by atoms with E-state index >= 15 is 0 Å². The molecule has 0 aromatic carbocycles. The molecule has 0 aliphatic carbocycles. The van der Waals surface area contributed by atoms with E-state index in [0.717, 1.165) is 5.56 Å². The van der Waals surface area contributed by atoms with Crippen LogP contribution in [-0.2, 0) is 16.0 Å². The third kappa shape index (κ3) is 3.64. The Morgan fingerprint density at radius 2 is 2.30 bits per heavy atom. The van der Waals surface area contributed by atoms with Gasteiger partial charge in [0.05, 0.1) is 23.8 Å². The highest BCUT2D eigenvalue weighted by molar-refractivity contribution is 7.08. The molecule has 1 aliphatic rings. The number of thiophene rings is 1. The van der Waals surface area contributed by atoms with Crippen LogP contribution >= 0.6 is 11.3 Å². The van der Waals surface area contributed by atoms with Gasteiger partial charge in [-0.25, -0.2) is 4.98 Å². The van der Waals surface area contributed by atoms with Crippen molar-refractivity contribution < 1.29 is 13.9 Å². The van der Waals surface area contributed by atoms with Gasteiger partial charge in [-0.3, -0.25) is 4.79 Å². The molecule has 124 valence electrons. The van der Waals surface area contributed by atoms with Gasteiger partial charge in [-0.2, -0.15) is 11.3 Å². The Kier molecular flexibility index (Phi) is 4.29. The van der Waals surface area contributed by atoms with Gasteiger partial charge in [0.15, 0.2) is 0 Å². The third-order valence-corrected chi connectivity index (χ3v) is 4.58. The SMILES string of the molecule is Cc1oc(-c2ccsc2)nc1CC(=O)N1C[C@H](C)OC(C)(C)C1. The van der Waals surface area contributed by atoms with Crippen LogP contribution in [0.3, 0.4) is 0 Å². The van der Waals surface area contributed by atoms with Crippen LogP contribution < -0.4 is 0 Å².